The van der Waals surface area contributed by atoms with Crippen LogP contribution in [0.1, 0.15) is 5.56 Å². The summed E-state index contributed by atoms with van der Waals surface area (Å²) in [7, 11) is -3.87. The van der Waals surface area contributed by atoms with E-state index in [-0.39, 0.29) is 6.61 Å². The van der Waals surface area contributed by atoms with Gasteiger partial charge in [-0.1, -0.05) is 60.1 Å². The van der Waals surface area contributed by atoms with Gasteiger partial charge in [0.05, 0.1) is 6.61 Å². The molecule has 128 valence electrons. The molecule has 0 atom stereocenters. The molecule has 3 rings (SSSR count). The number of phosphoric acid groups is 1. The van der Waals surface area contributed by atoms with Gasteiger partial charge in [0.25, 0.3) is 0 Å². The summed E-state index contributed by atoms with van der Waals surface area (Å²) in [5.74, 6) is 0.802. The van der Waals surface area contributed by atoms with Crippen LogP contribution in [-0.4, -0.2) is 0 Å². The van der Waals surface area contributed by atoms with Gasteiger partial charge in [0.15, 0.2) is 0 Å². The minimum Gasteiger partial charge on any atom is -0.395 e. The van der Waals surface area contributed by atoms with Crippen LogP contribution in [0.15, 0.2) is 84.9 Å². The van der Waals surface area contributed by atoms with Crippen molar-refractivity contribution in [2.24, 2.45) is 0 Å². The number of hydrogen-bond acceptors (Lipinski definition) is 4. The summed E-state index contributed by atoms with van der Waals surface area (Å²) in [6, 6.07) is 24.6. The van der Waals surface area contributed by atoms with E-state index in [1.165, 1.54) is 0 Å². The van der Waals surface area contributed by atoms with Gasteiger partial charge in [-0.2, -0.15) is 0 Å². The maximum atomic E-state index is 13.1. The lowest BCUT2D eigenvalue weighted by molar-refractivity contribution is 0.201. The minimum absolute atomic E-state index is 0.0636. The highest BCUT2D eigenvalue weighted by Crippen LogP contribution is 2.50. The molecule has 3 aromatic carbocycles. The summed E-state index contributed by atoms with van der Waals surface area (Å²) >= 11 is 5.87. The first-order valence-corrected chi connectivity index (χ1v) is 9.45. The molecule has 0 amide bonds. The van der Waals surface area contributed by atoms with Crippen molar-refractivity contribution in [3.63, 3.8) is 0 Å². The fraction of sp³-hybridized carbons (Fsp3) is 0.0526. The molecule has 3 aromatic rings. The Kier molecular flexibility index (Phi) is 5.77. The third kappa shape index (κ3) is 5.36. The van der Waals surface area contributed by atoms with Crippen molar-refractivity contribution in [2.45, 2.75) is 6.61 Å². The van der Waals surface area contributed by atoms with Crippen molar-refractivity contribution in [1.82, 2.24) is 0 Å². The smallest absolute Gasteiger partial charge is 0.395 e. The molecule has 0 aliphatic heterocycles. The third-order valence-electron chi connectivity index (χ3n) is 3.22. The minimum atomic E-state index is -3.87. The number of rotatable bonds is 7. The molecule has 0 N–H and O–H groups in total. The summed E-state index contributed by atoms with van der Waals surface area (Å²) in [6.07, 6.45) is 0. The Morgan fingerprint density at radius 1 is 0.720 bits per heavy atom. The molecule has 0 bridgehead atoms. The summed E-state index contributed by atoms with van der Waals surface area (Å²) in [4.78, 5) is 0. The van der Waals surface area contributed by atoms with Crippen LogP contribution in [-0.2, 0) is 15.7 Å². The van der Waals surface area contributed by atoms with E-state index in [1.54, 1.807) is 72.8 Å². The zero-order valence-corrected chi connectivity index (χ0v) is 14.9. The molecule has 4 nitrogen and oxygen atoms in total. The number of phosphoric ester groups is 1. The molecule has 6 heteroatoms. The van der Waals surface area contributed by atoms with Crippen LogP contribution in [0, 0.1) is 0 Å². The van der Waals surface area contributed by atoms with Crippen LogP contribution in [0.3, 0.4) is 0 Å². The van der Waals surface area contributed by atoms with Gasteiger partial charge in [-0.15, -0.1) is 0 Å². The molecule has 0 heterocycles. The molecular weight excluding hydrogens is 359 g/mol. The predicted molar refractivity (Wildman–Crippen MR) is 98.0 cm³/mol. The zero-order valence-electron chi connectivity index (χ0n) is 13.2. The first-order valence-electron chi connectivity index (χ1n) is 7.61. The van der Waals surface area contributed by atoms with Crippen molar-refractivity contribution < 1.29 is 18.1 Å². The Bertz CT molecular complexity index is 793. The first-order chi connectivity index (χ1) is 12.1. The largest absolute Gasteiger partial charge is 0.587 e. The quantitative estimate of drug-likeness (QED) is 0.467. The highest BCUT2D eigenvalue weighted by atomic mass is 35.5. The highest BCUT2D eigenvalue weighted by Gasteiger charge is 2.31. The Morgan fingerprint density at radius 3 is 1.68 bits per heavy atom. The average Bonchev–Trinajstić information content (AvgIpc) is 2.63. The fourth-order valence-electron chi connectivity index (χ4n) is 2.03. The van der Waals surface area contributed by atoms with Crippen LogP contribution in [0.4, 0.5) is 0 Å². The lowest BCUT2D eigenvalue weighted by Gasteiger charge is -2.19. The highest BCUT2D eigenvalue weighted by molar-refractivity contribution is 7.49. The zero-order chi connectivity index (χ0) is 17.5. The maximum absolute atomic E-state index is 13.1. The Labute approximate surface area is 151 Å². The lowest BCUT2D eigenvalue weighted by atomic mass is 10.2. The van der Waals surface area contributed by atoms with Gasteiger partial charge in [-0.3, -0.25) is 4.52 Å². The van der Waals surface area contributed by atoms with Crippen LogP contribution < -0.4 is 9.05 Å². The second-order valence-electron chi connectivity index (χ2n) is 5.16. The standard InChI is InChI=1S/C19H16ClO4P/c20-17-13-11-16(12-14-17)15-22-25(21,23-18-7-3-1-4-8-18)24-19-9-5-2-6-10-19/h1-14H,15H2. The van der Waals surface area contributed by atoms with Gasteiger partial charge in [0.2, 0.25) is 0 Å². The molecule has 0 aliphatic rings. The summed E-state index contributed by atoms with van der Waals surface area (Å²) in [5.41, 5.74) is 0.804. The molecule has 0 radical (unpaired) electrons. The van der Waals surface area contributed by atoms with Gasteiger partial charge in [0.1, 0.15) is 11.5 Å². The number of hydrogen-bond donors (Lipinski definition) is 0. The van der Waals surface area contributed by atoms with Crippen molar-refractivity contribution in [1.29, 1.82) is 0 Å². The molecule has 0 saturated heterocycles. The molecule has 0 saturated carbocycles. The van der Waals surface area contributed by atoms with E-state index in [2.05, 4.69) is 0 Å². The second kappa shape index (κ2) is 8.21. The van der Waals surface area contributed by atoms with Crippen LogP contribution in [0.2, 0.25) is 5.02 Å². The van der Waals surface area contributed by atoms with E-state index in [9.17, 15) is 4.57 Å². The summed E-state index contributed by atoms with van der Waals surface area (Å²) in [6.45, 7) is 0.0636. The molecule has 0 unspecified atom stereocenters. The molecule has 0 aliphatic carbocycles. The SMILES string of the molecule is O=P(OCc1ccc(Cl)cc1)(Oc1ccccc1)Oc1ccccc1. The van der Waals surface area contributed by atoms with Gasteiger partial charge < -0.3 is 9.05 Å². The first kappa shape index (κ1) is 17.6. The van der Waals surface area contributed by atoms with Crippen molar-refractivity contribution in [3.05, 3.63) is 95.5 Å². The van der Waals surface area contributed by atoms with Crippen molar-refractivity contribution in [2.75, 3.05) is 0 Å². The third-order valence-corrected chi connectivity index (χ3v) is 4.79. The second-order valence-corrected chi connectivity index (χ2v) is 7.11. The van der Waals surface area contributed by atoms with E-state index in [0.29, 0.717) is 16.5 Å². The molecule has 25 heavy (non-hydrogen) atoms. The van der Waals surface area contributed by atoms with Crippen molar-refractivity contribution >= 4 is 19.4 Å². The summed E-state index contributed by atoms with van der Waals surface area (Å²) in [5, 5.41) is 0.619. The van der Waals surface area contributed by atoms with E-state index >= 15 is 0 Å². The lowest BCUT2D eigenvalue weighted by Crippen LogP contribution is -2.05. The van der Waals surface area contributed by atoms with E-state index in [1.807, 2.05) is 12.1 Å². The van der Waals surface area contributed by atoms with Crippen LogP contribution in [0.5, 0.6) is 11.5 Å². The van der Waals surface area contributed by atoms with Gasteiger partial charge in [-0.05, 0) is 42.0 Å². The van der Waals surface area contributed by atoms with Crippen LogP contribution in [0.25, 0.3) is 0 Å². The summed E-state index contributed by atoms with van der Waals surface area (Å²) < 4.78 is 29.7. The normalized spacial score (nSPS) is 11.1. The van der Waals surface area contributed by atoms with Crippen LogP contribution >= 0.6 is 19.4 Å². The van der Waals surface area contributed by atoms with Gasteiger partial charge in [-0.25, -0.2) is 4.57 Å². The number of para-hydroxylation sites is 2. The average molecular weight is 375 g/mol. The Morgan fingerprint density at radius 2 is 1.20 bits per heavy atom. The van der Waals surface area contributed by atoms with Gasteiger partial charge >= 0.3 is 7.82 Å². The Hall–Kier alpha value is -2.26. The van der Waals surface area contributed by atoms with E-state index in [0.717, 1.165) is 5.56 Å². The monoisotopic (exact) mass is 374 g/mol. The fourth-order valence-corrected chi connectivity index (χ4v) is 3.36. The molecule has 0 fully saturated rings. The Balaban J connectivity index is 1.77. The van der Waals surface area contributed by atoms with Crippen molar-refractivity contribution in [3.8, 4) is 11.5 Å². The van der Waals surface area contributed by atoms with Gasteiger partial charge in [0, 0.05) is 5.02 Å². The topological polar surface area (TPSA) is 44.8 Å². The molecular formula is C19H16ClO4P. The van der Waals surface area contributed by atoms with E-state index in [4.69, 9.17) is 25.2 Å². The number of halogens is 1. The molecule has 0 aromatic heterocycles. The maximum Gasteiger partial charge on any atom is 0.587 e. The van der Waals surface area contributed by atoms with E-state index < -0.39 is 7.82 Å². The number of benzene rings is 3. The predicted octanol–water partition coefficient (Wildman–Crippen LogP) is 6.12. The molecule has 0 spiro atoms.